The number of benzene rings is 1. The summed E-state index contributed by atoms with van der Waals surface area (Å²) in [6, 6.07) is 5.92. The Hall–Kier alpha value is -1.20. The zero-order chi connectivity index (χ0) is 11.7. The molecule has 1 aromatic carbocycles. The summed E-state index contributed by atoms with van der Waals surface area (Å²) in [5.74, 6) is 0.359. The summed E-state index contributed by atoms with van der Waals surface area (Å²) in [4.78, 5) is 11.3. The highest BCUT2D eigenvalue weighted by Crippen LogP contribution is 2.20. The number of hydrogen-bond donors (Lipinski definition) is 2. The Morgan fingerprint density at radius 3 is 2.94 bits per heavy atom. The van der Waals surface area contributed by atoms with Crippen molar-refractivity contribution < 1.29 is 4.42 Å². The molecule has 0 aliphatic heterocycles. The molecule has 0 bridgehead atoms. The van der Waals surface area contributed by atoms with Crippen molar-refractivity contribution in [3.05, 3.63) is 34.3 Å². The first-order valence-corrected chi connectivity index (χ1v) is 5.68. The van der Waals surface area contributed by atoms with Gasteiger partial charge in [-0.1, -0.05) is 6.07 Å². The lowest BCUT2D eigenvalue weighted by molar-refractivity contribution is 0.527. The Bertz CT molecular complexity index is 555. The molecular weight excluding hydrogens is 224 g/mol. The molecular formula is C11H14N2O2S. The minimum atomic E-state index is -0.334. The van der Waals surface area contributed by atoms with Gasteiger partial charge in [-0.2, -0.15) is 12.6 Å². The molecule has 0 saturated heterocycles. The maximum atomic E-state index is 11.3. The normalized spacial score (nSPS) is 13.2. The Balaban J connectivity index is 2.56. The molecule has 0 radical (unpaired) electrons. The van der Waals surface area contributed by atoms with Crippen LogP contribution in [-0.4, -0.2) is 17.4 Å². The fourth-order valence-corrected chi connectivity index (χ4v) is 2.12. The second-order valence-electron chi connectivity index (χ2n) is 3.68. The molecule has 16 heavy (non-hydrogen) atoms. The van der Waals surface area contributed by atoms with Crippen molar-refractivity contribution in [1.29, 1.82) is 0 Å². The summed E-state index contributed by atoms with van der Waals surface area (Å²) in [6.45, 7) is 0. The molecule has 5 heteroatoms. The van der Waals surface area contributed by atoms with E-state index >= 15 is 0 Å². The molecule has 2 aromatic rings. The standard InChI is InChI=1S/C11H14N2O2S/c1-12-8(6-16)7-3-4-9-10(5-7)15-11(14)13(9)2/h3-5,8,12,16H,6H2,1-2H3. The lowest BCUT2D eigenvalue weighted by Crippen LogP contribution is -2.17. The van der Waals surface area contributed by atoms with Gasteiger partial charge in [-0.15, -0.1) is 0 Å². The van der Waals surface area contributed by atoms with Crippen molar-refractivity contribution in [3.63, 3.8) is 0 Å². The van der Waals surface area contributed by atoms with E-state index in [1.54, 1.807) is 7.05 Å². The molecule has 2 rings (SSSR count). The van der Waals surface area contributed by atoms with Gasteiger partial charge in [-0.3, -0.25) is 4.57 Å². The maximum absolute atomic E-state index is 11.3. The van der Waals surface area contributed by atoms with Gasteiger partial charge in [0.25, 0.3) is 0 Å². The molecule has 1 atom stereocenters. The second-order valence-corrected chi connectivity index (χ2v) is 4.04. The van der Waals surface area contributed by atoms with Crippen molar-refractivity contribution in [2.75, 3.05) is 12.8 Å². The van der Waals surface area contributed by atoms with E-state index in [9.17, 15) is 4.79 Å². The number of nitrogens with zero attached hydrogens (tertiary/aromatic N) is 1. The average Bonchev–Trinajstić information content (AvgIpc) is 2.56. The van der Waals surface area contributed by atoms with E-state index in [-0.39, 0.29) is 11.8 Å². The number of nitrogens with one attached hydrogen (secondary N) is 1. The predicted molar refractivity (Wildman–Crippen MR) is 67.1 cm³/mol. The van der Waals surface area contributed by atoms with Gasteiger partial charge in [0, 0.05) is 18.8 Å². The Morgan fingerprint density at radius 1 is 1.56 bits per heavy atom. The molecule has 1 heterocycles. The van der Waals surface area contributed by atoms with Crippen LogP contribution in [0.2, 0.25) is 0 Å². The molecule has 1 N–H and O–H groups in total. The van der Waals surface area contributed by atoms with Crippen molar-refractivity contribution >= 4 is 23.7 Å². The molecule has 1 unspecified atom stereocenters. The summed E-state index contributed by atoms with van der Waals surface area (Å²) in [5.41, 5.74) is 2.49. The van der Waals surface area contributed by atoms with Crippen LogP contribution in [0, 0.1) is 0 Å². The summed E-state index contributed by atoms with van der Waals surface area (Å²) < 4.78 is 6.63. The minimum Gasteiger partial charge on any atom is -0.408 e. The SMILES string of the molecule is CNC(CS)c1ccc2c(c1)oc(=O)n2C. The van der Waals surface area contributed by atoms with Gasteiger partial charge >= 0.3 is 5.76 Å². The topological polar surface area (TPSA) is 47.2 Å². The van der Waals surface area contributed by atoms with Crippen LogP contribution in [0.25, 0.3) is 11.1 Å². The van der Waals surface area contributed by atoms with Gasteiger partial charge in [0.2, 0.25) is 0 Å². The predicted octanol–water partition coefficient (Wildman–Crippen LogP) is 1.32. The monoisotopic (exact) mass is 238 g/mol. The molecule has 86 valence electrons. The van der Waals surface area contributed by atoms with Crippen LogP contribution in [-0.2, 0) is 7.05 Å². The van der Waals surface area contributed by atoms with Crippen molar-refractivity contribution in [2.24, 2.45) is 7.05 Å². The third kappa shape index (κ3) is 1.76. The second kappa shape index (κ2) is 4.35. The van der Waals surface area contributed by atoms with E-state index in [1.807, 2.05) is 25.2 Å². The minimum absolute atomic E-state index is 0.165. The van der Waals surface area contributed by atoms with Gasteiger partial charge in [0.05, 0.1) is 5.52 Å². The van der Waals surface area contributed by atoms with Crippen LogP contribution in [0.1, 0.15) is 11.6 Å². The van der Waals surface area contributed by atoms with E-state index in [0.717, 1.165) is 11.1 Å². The zero-order valence-electron chi connectivity index (χ0n) is 9.23. The molecule has 1 aromatic heterocycles. The van der Waals surface area contributed by atoms with Crippen LogP contribution in [0.15, 0.2) is 27.4 Å². The third-order valence-electron chi connectivity index (χ3n) is 2.75. The fraction of sp³-hybridized carbons (Fsp3) is 0.364. The van der Waals surface area contributed by atoms with Gasteiger partial charge in [0.15, 0.2) is 5.58 Å². The van der Waals surface area contributed by atoms with Gasteiger partial charge in [0.1, 0.15) is 0 Å². The quantitative estimate of drug-likeness (QED) is 0.793. The van der Waals surface area contributed by atoms with E-state index in [1.165, 1.54) is 4.57 Å². The van der Waals surface area contributed by atoms with Crippen LogP contribution in [0.3, 0.4) is 0 Å². The van der Waals surface area contributed by atoms with E-state index in [4.69, 9.17) is 4.42 Å². The largest absolute Gasteiger partial charge is 0.419 e. The van der Waals surface area contributed by atoms with E-state index < -0.39 is 0 Å². The van der Waals surface area contributed by atoms with Crippen molar-refractivity contribution in [2.45, 2.75) is 6.04 Å². The summed E-state index contributed by atoms with van der Waals surface area (Å²) in [5, 5.41) is 3.15. The molecule has 0 aliphatic rings. The highest BCUT2D eigenvalue weighted by molar-refractivity contribution is 7.80. The zero-order valence-corrected chi connectivity index (χ0v) is 10.1. The lowest BCUT2D eigenvalue weighted by Gasteiger charge is -2.13. The first-order chi connectivity index (χ1) is 7.67. The summed E-state index contributed by atoms with van der Waals surface area (Å²) in [7, 11) is 3.58. The number of rotatable bonds is 3. The number of aromatic nitrogens is 1. The van der Waals surface area contributed by atoms with E-state index in [0.29, 0.717) is 11.3 Å². The summed E-state index contributed by atoms with van der Waals surface area (Å²) in [6.07, 6.45) is 0. The third-order valence-corrected chi connectivity index (χ3v) is 3.11. The number of oxazole rings is 1. The molecule has 0 fully saturated rings. The molecule has 0 saturated carbocycles. The highest BCUT2D eigenvalue weighted by Gasteiger charge is 2.11. The number of aryl methyl sites for hydroxylation is 1. The van der Waals surface area contributed by atoms with Crippen LogP contribution < -0.4 is 11.1 Å². The van der Waals surface area contributed by atoms with E-state index in [2.05, 4.69) is 17.9 Å². The molecule has 0 aliphatic carbocycles. The number of thiol groups is 1. The lowest BCUT2D eigenvalue weighted by atomic mass is 10.1. The van der Waals surface area contributed by atoms with Gasteiger partial charge in [-0.25, -0.2) is 4.79 Å². The van der Waals surface area contributed by atoms with Crippen LogP contribution >= 0.6 is 12.6 Å². The van der Waals surface area contributed by atoms with Crippen molar-refractivity contribution in [3.8, 4) is 0 Å². The molecule has 0 amide bonds. The summed E-state index contributed by atoms with van der Waals surface area (Å²) >= 11 is 4.27. The van der Waals surface area contributed by atoms with Gasteiger partial charge in [-0.05, 0) is 24.7 Å². The maximum Gasteiger partial charge on any atom is 0.419 e. The van der Waals surface area contributed by atoms with Crippen molar-refractivity contribution in [1.82, 2.24) is 9.88 Å². The Kier molecular flexibility index (Phi) is 3.07. The van der Waals surface area contributed by atoms with Gasteiger partial charge < -0.3 is 9.73 Å². The van der Waals surface area contributed by atoms with Crippen LogP contribution in [0.4, 0.5) is 0 Å². The first-order valence-electron chi connectivity index (χ1n) is 5.05. The fourth-order valence-electron chi connectivity index (χ4n) is 1.73. The highest BCUT2D eigenvalue weighted by atomic mass is 32.1. The molecule has 0 spiro atoms. The number of hydrogen-bond acceptors (Lipinski definition) is 4. The number of fused-ring (bicyclic) bond motifs is 1. The Labute approximate surface area is 98.7 Å². The Morgan fingerprint density at radius 2 is 2.31 bits per heavy atom. The average molecular weight is 238 g/mol. The molecule has 4 nitrogen and oxygen atoms in total. The smallest absolute Gasteiger partial charge is 0.408 e. The van der Waals surface area contributed by atoms with Crippen LogP contribution in [0.5, 0.6) is 0 Å². The first kappa shape index (κ1) is 11.3.